The SMILES string of the molecule is O=C[C@H](Cc1ccccc1)NNC(=O)OCc1ccccc1. The monoisotopic (exact) mass is 298 g/mol. The van der Waals surface area contributed by atoms with Crippen molar-refractivity contribution in [1.82, 2.24) is 10.9 Å². The zero-order chi connectivity index (χ0) is 15.6. The van der Waals surface area contributed by atoms with Crippen molar-refractivity contribution in [3.05, 3.63) is 71.8 Å². The molecule has 2 aromatic rings. The van der Waals surface area contributed by atoms with Crippen LogP contribution in [-0.4, -0.2) is 18.4 Å². The minimum absolute atomic E-state index is 0.179. The Morgan fingerprint density at radius 2 is 1.59 bits per heavy atom. The van der Waals surface area contributed by atoms with Crippen LogP contribution in [0.4, 0.5) is 4.79 Å². The van der Waals surface area contributed by atoms with Gasteiger partial charge in [-0.3, -0.25) is 5.43 Å². The maximum absolute atomic E-state index is 11.6. The first-order valence-corrected chi connectivity index (χ1v) is 6.99. The molecule has 22 heavy (non-hydrogen) atoms. The van der Waals surface area contributed by atoms with Gasteiger partial charge in [-0.05, 0) is 17.5 Å². The van der Waals surface area contributed by atoms with Crippen LogP contribution in [0.1, 0.15) is 11.1 Å². The van der Waals surface area contributed by atoms with Crippen molar-refractivity contribution in [2.45, 2.75) is 19.1 Å². The van der Waals surface area contributed by atoms with Gasteiger partial charge in [0.15, 0.2) is 0 Å². The summed E-state index contributed by atoms with van der Waals surface area (Å²) >= 11 is 0. The van der Waals surface area contributed by atoms with Gasteiger partial charge in [-0.25, -0.2) is 10.2 Å². The third-order valence-corrected chi connectivity index (χ3v) is 3.04. The first-order valence-electron chi connectivity index (χ1n) is 6.99. The van der Waals surface area contributed by atoms with E-state index in [-0.39, 0.29) is 6.61 Å². The Morgan fingerprint density at radius 3 is 2.18 bits per heavy atom. The van der Waals surface area contributed by atoms with E-state index in [1.807, 2.05) is 60.7 Å². The number of aldehydes is 1. The molecular formula is C17H18N2O3. The Morgan fingerprint density at radius 1 is 1.00 bits per heavy atom. The van der Waals surface area contributed by atoms with E-state index >= 15 is 0 Å². The Bertz CT molecular complexity index is 587. The van der Waals surface area contributed by atoms with Crippen LogP contribution in [-0.2, 0) is 22.6 Å². The summed E-state index contributed by atoms with van der Waals surface area (Å²) in [5.41, 5.74) is 6.95. The fourth-order valence-corrected chi connectivity index (χ4v) is 1.91. The molecule has 0 fully saturated rings. The molecule has 2 N–H and O–H groups in total. The molecule has 1 amide bonds. The maximum Gasteiger partial charge on any atom is 0.421 e. The number of nitrogens with one attached hydrogen (secondary N) is 2. The van der Waals surface area contributed by atoms with Gasteiger partial charge < -0.3 is 9.53 Å². The fraction of sp³-hybridized carbons (Fsp3) is 0.176. The number of ether oxygens (including phenoxy) is 1. The van der Waals surface area contributed by atoms with Gasteiger partial charge in [0.05, 0.1) is 6.04 Å². The van der Waals surface area contributed by atoms with Gasteiger partial charge in [-0.2, -0.15) is 0 Å². The first-order chi connectivity index (χ1) is 10.8. The van der Waals surface area contributed by atoms with Gasteiger partial charge in [0.1, 0.15) is 12.9 Å². The molecule has 5 nitrogen and oxygen atoms in total. The van der Waals surface area contributed by atoms with Gasteiger partial charge >= 0.3 is 6.09 Å². The average molecular weight is 298 g/mol. The second-order valence-electron chi connectivity index (χ2n) is 4.76. The molecular weight excluding hydrogens is 280 g/mol. The lowest BCUT2D eigenvalue weighted by molar-refractivity contribution is -0.109. The number of benzene rings is 2. The standard InChI is InChI=1S/C17H18N2O3/c20-12-16(11-14-7-3-1-4-8-14)18-19-17(21)22-13-15-9-5-2-6-10-15/h1-10,12,16,18H,11,13H2,(H,19,21)/t16-/m0/s1. The van der Waals surface area contributed by atoms with E-state index in [1.165, 1.54) is 0 Å². The van der Waals surface area contributed by atoms with Crippen molar-refractivity contribution >= 4 is 12.4 Å². The number of hydrogen-bond donors (Lipinski definition) is 2. The first kappa shape index (κ1) is 15.7. The van der Waals surface area contributed by atoms with Crippen molar-refractivity contribution < 1.29 is 14.3 Å². The molecule has 0 aliphatic rings. The average Bonchev–Trinajstić information content (AvgIpc) is 2.58. The van der Waals surface area contributed by atoms with E-state index in [2.05, 4.69) is 10.9 Å². The number of carbonyl (C=O) groups excluding carboxylic acids is 2. The van der Waals surface area contributed by atoms with Gasteiger partial charge in [-0.1, -0.05) is 60.7 Å². The molecule has 0 saturated heterocycles. The lowest BCUT2D eigenvalue weighted by Crippen LogP contribution is -2.46. The number of hydrazine groups is 1. The smallest absolute Gasteiger partial charge is 0.421 e. The van der Waals surface area contributed by atoms with Crippen molar-refractivity contribution in [2.24, 2.45) is 0 Å². The highest BCUT2D eigenvalue weighted by atomic mass is 16.6. The largest absolute Gasteiger partial charge is 0.444 e. The van der Waals surface area contributed by atoms with Gasteiger partial charge in [0.25, 0.3) is 0 Å². The molecule has 0 aliphatic carbocycles. The van der Waals surface area contributed by atoms with E-state index in [0.29, 0.717) is 6.42 Å². The van der Waals surface area contributed by atoms with Crippen LogP contribution in [0.15, 0.2) is 60.7 Å². The van der Waals surface area contributed by atoms with Crippen LogP contribution in [0.3, 0.4) is 0 Å². The molecule has 0 aliphatic heterocycles. The highest BCUT2D eigenvalue weighted by Gasteiger charge is 2.10. The van der Waals surface area contributed by atoms with Crippen molar-refractivity contribution in [3.63, 3.8) is 0 Å². The highest BCUT2D eigenvalue weighted by molar-refractivity contribution is 5.67. The molecule has 0 unspecified atom stereocenters. The minimum atomic E-state index is -0.622. The van der Waals surface area contributed by atoms with E-state index in [0.717, 1.165) is 17.4 Å². The van der Waals surface area contributed by atoms with Gasteiger partial charge in [-0.15, -0.1) is 0 Å². The van der Waals surface area contributed by atoms with Crippen LogP contribution < -0.4 is 10.9 Å². The van der Waals surface area contributed by atoms with Crippen LogP contribution in [0.5, 0.6) is 0 Å². The fourth-order valence-electron chi connectivity index (χ4n) is 1.91. The summed E-state index contributed by atoms with van der Waals surface area (Å²) in [7, 11) is 0. The normalized spacial score (nSPS) is 11.5. The van der Waals surface area contributed by atoms with Gasteiger partial charge in [0, 0.05) is 0 Å². The second kappa shape index (κ2) is 8.59. The summed E-state index contributed by atoms with van der Waals surface area (Å²) in [5, 5.41) is 0. The summed E-state index contributed by atoms with van der Waals surface area (Å²) in [6.45, 7) is 0.179. The number of carbonyl (C=O) groups is 2. The third kappa shape index (κ3) is 5.38. The molecule has 114 valence electrons. The van der Waals surface area contributed by atoms with Crippen molar-refractivity contribution in [3.8, 4) is 0 Å². The zero-order valence-electron chi connectivity index (χ0n) is 12.1. The highest BCUT2D eigenvalue weighted by Crippen LogP contribution is 2.02. The van der Waals surface area contributed by atoms with E-state index < -0.39 is 12.1 Å². The number of hydrogen-bond acceptors (Lipinski definition) is 4. The van der Waals surface area contributed by atoms with Crippen molar-refractivity contribution in [2.75, 3.05) is 0 Å². The lowest BCUT2D eigenvalue weighted by atomic mass is 10.1. The molecule has 2 aromatic carbocycles. The summed E-state index contributed by atoms with van der Waals surface area (Å²) in [6.07, 6.45) is 0.622. The Balaban J connectivity index is 1.73. The van der Waals surface area contributed by atoms with E-state index in [9.17, 15) is 9.59 Å². The summed E-state index contributed by atoms with van der Waals surface area (Å²) < 4.78 is 5.04. The summed E-state index contributed by atoms with van der Waals surface area (Å²) in [4.78, 5) is 22.6. The Kier molecular flexibility index (Phi) is 6.14. The summed E-state index contributed by atoms with van der Waals surface area (Å²) in [5.74, 6) is 0. The Hall–Kier alpha value is -2.66. The topological polar surface area (TPSA) is 67.4 Å². The van der Waals surface area contributed by atoms with Crippen LogP contribution in [0, 0.1) is 0 Å². The quantitative estimate of drug-likeness (QED) is 0.607. The van der Waals surface area contributed by atoms with Crippen LogP contribution in [0.25, 0.3) is 0 Å². The Labute approximate surface area is 129 Å². The molecule has 0 bridgehead atoms. The number of rotatable bonds is 7. The molecule has 2 rings (SSSR count). The van der Waals surface area contributed by atoms with Crippen molar-refractivity contribution in [1.29, 1.82) is 0 Å². The molecule has 0 saturated carbocycles. The van der Waals surface area contributed by atoms with Gasteiger partial charge in [0.2, 0.25) is 0 Å². The summed E-state index contributed by atoms with van der Waals surface area (Å²) in [6, 6.07) is 18.4. The number of amides is 1. The zero-order valence-corrected chi connectivity index (χ0v) is 12.1. The van der Waals surface area contributed by atoms with Crippen LogP contribution in [0.2, 0.25) is 0 Å². The second-order valence-corrected chi connectivity index (χ2v) is 4.76. The van der Waals surface area contributed by atoms with Crippen LogP contribution >= 0.6 is 0 Å². The molecule has 0 heterocycles. The minimum Gasteiger partial charge on any atom is -0.444 e. The maximum atomic E-state index is 11.6. The molecule has 0 radical (unpaired) electrons. The molecule has 0 aromatic heterocycles. The molecule has 5 heteroatoms. The third-order valence-electron chi connectivity index (χ3n) is 3.04. The lowest BCUT2D eigenvalue weighted by Gasteiger charge is -2.14. The van der Waals surface area contributed by atoms with E-state index in [4.69, 9.17) is 4.74 Å². The van der Waals surface area contributed by atoms with E-state index in [1.54, 1.807) is 0 Å². The predicted molar refractivity (Wildman–Crippen MR) is 82.9 cm³/mol. The predicted octanol–water partition coefficient (Wildman–Crippen LogP) is 2.23. The molecule has 1 atom stereocenters. The molecule has 0 spiro atoms.